The van der Waals surface area contributed by atoms with Crippen LogP contribution in [0.2, 0.25) is 0 Å². The largest absolute Gasteiger partial charge is 0.401 e. The maximum atomic E-state index is 12.1. The third-order valence-corrected chi connectivity index (χ3v) is 2.82. The molecule has 106 valence electrons. The van der Waals surface area contributed by atoms with Gasteiger partial charge >= 0.3 is 6.18 Å². The number of hydrogen-bond acceptors (Lipinski definition) is 3. The molecule has 0 saturated carbocycles. The highest BCUT2D eigenvalue weighted by atomic mass is 19.4. The van der Waals surface area contributed by atoms with E-state index in [0.717, 1.165) is 6.42 Å². The number of alkyl halides is 3. The molecule has 1 saturated heterocycles. The van der Waals surface area contributed by atoms with Crippen LogP contribution in [-0.4, -0.2) is 68.2 Å². The molecule has 0 aromatic heterocycles. The van der Waals surface area contributed by atoms with Crippen LogP contribution in [0.5, 0.6) is 0 Å². The van der Waals surface area contributed by atoms with Crippen molar-refractivity contribution in [1.82, 2.24) is 15.1 Å². The average Bonchev–Trinajstić information content (AvgIpc) is 2.25. The van der Waals surface area contributed by atoms with Crippen molar-refractivity contribution in [3.05, 3.63) is 0 Å². The minimum absolute atomic E-state index is 0.0292. The first-order chi connectivity index (χ1) is 8.28. The predicted molar refractivity (Wildman–Crippen MR) is 62.2 cm³/mol. The van der Waals surface area contributed by atoms with Gasteiger partial charge in [0.25, 0.3) is 0 Å². The third kappa shape index (κ3) is 5.68. The lowest BCUT2D eigenvalue weighted by molar-refractivity contribution is -0.134. The van der Waals surface area contributed by atoms with Crippen LogP contribution in [0.3, 0.4) is 0 Å². The molecule has 7 heteroatoms. The van der Waals surface area contributed by atoms with Gasteiger partial charge < -0.3 is 15.1 Å². The monoisotopic (exact) mass is 267 g/mol. The summed E-state index contributed by atoms with van der Waals surface area (Å²) in [6.45, 7) is 0.305. The lowest BCUT2D eigenvalue weighted by atomic mass is 10.1. The molecule has 18 heavy (non-hydrogen) atoms. The first-order valence-electron chi connectivity index (χ1n) is 6.00. The quantitative estimate of drug-likeness (QED) is 0.814. The number of piperidine rings is 1. The summed E-state index contributed by atoms with van der Waals surface area (Å²) in [5.41, 5.74) is 0. The minimum atomic E-state index is -4.20. The normalized spacial score (nSPS) is 21.4. The van der Waals surface area contributed by atoms with Crippen LogP contribution in [0.25, 0.3) is 0 Å². The predicted octanol–water partition coefficient (Wildman–Crippen LogP) is 0.691. The van der Waals surface area contributed by atoms with Gasteiger partial charge in [-0.2, -0.15) is 13.2 Å². The Bertz CT molecular complexity index is 281. The number of carbonyl (C=O) groups is 1. The SMILES string of the molecule is CN(C)CC(=O)N1CCCC(NCC(F)(F)F)C1. The second kappa shape index (κ2) is 6.38. The maximum absolute atomic E-state index is 12.1. The maximum Gasteiger partial charge on any atom is 0.401 e. The van der Waals surface area contributed by atoms with Gasteiger partial charge in [-0.3, -0.25) is 4.79 Å². The van der Waals surface area contributed by atoms with Gasteiger partial charge in [0.1, 0.15) is 0 Å². The van der Waals surface area contributed by atoms with Gasteiger partial charge in [0.05, 0.1) is 13.1 Å². The fraction of sp³-hybridized carbons (Fsp3) is 0.909. The van der Waals surface area contributed by atoms with Crippen molar-refractivity contribution in [1.29, 1.82) is 0 Å². The standard InChI is InChI=1S/C11H20F3N3O/c1-16(2)7-10(18)17-5-3-4-9(6-17)15-8-11(12,13)14/h9,15H,3-8H2,1-2H3. The van der Waals surface area contributed by atoms with Gasteiger partial charge in [0.2, 0.25) is 5.91 Å². The molecule has 0 aromatic carbocycles. The van der Waals surface area contributed by atoms with Crippen LogP contribution in [0.1, 0.15) is 12.8 Å². The van der Waals surface area contributed by atoms with E-state index in [1.807, 2.05) is 0 Å². The summed E-state index contributed by atoms with van der Waals surface area (Å²) in [5, 5.41) is 2.47. The second-order valence-electron chi connectivity index (χ2n) is 4.91. The Labute approximate surface area is 105 Å². The Kier molecular flexibility index (Phi) is 5.40. The van der Waals surface area contributed by atoms with Gasteiger partial charge in [-0.05, 0) is 26.9 Å². The van der Waals surface area contributed by atoms with Crippen molar-refractivity contribution >= 4 is 5.91 Å². The molecule has 1 fully saturated rings. The van der Waals surface area contributed by atoms with E-state index in [1.165, 1.54) is 0 Å². The van der Waals surface area contributed by atoms with Crippen LogP contribution in [0.4, 0.5) is 13.2 Å². The molecule has 0 aliphatic carbocycles. The Hall–Kier alpha value is -0.820. The van der Waals surface area contributed by atoms with Crippen LogP contribution in [0.15, 0.2) is 0 Å². The first kappa shape index (κ1) is 15.2. The Morgan fingerprint density at radius 1 is 1.44 bits per heavy atom. The summed E-state index contributed by atoms with van der Waals surface area (Å²) >= 11 is 0. The molecule has 1 unspecified atom stereocenters. The lowest BCUT2D eigenvalue weighted by Gasteiger charge is -2.34. The zero-order chi connectivity index (χ0) is 13.8. The first-order valence-corrected chi connectivity index (χ1v) is 6.00. The molecule has 1 amide bonds. The highest BCUT2D eigenvalue weighted by Crippen LogP contribution is 2.15. The number of amides is 1. The summed E-state index contributed by atoms with van der Waals surface area (Å²) in [4.78, 5) is 15.2. The van der Waals surface area contributed by atoms with E-state index in [-0.39, 0.29) is 11.9 Å². The highest BCUT2D eigenvalue weighted by molar-refractivity contribution is 5.78. The van der Waals surface area contributed by atoms with Crippen molar-refractivity contribution in [2.45, 2.75) is 25.1 Å². The molecule has 0 radical (unpaired) electrons. The zero-order valence-electron chi connectivity index (χ0n) is 10.8. The smallest absolute Gasteiger partial charge is 0.340 e. The van der Waals surface area contributed by atoms with E-state index >= 15 is 0 Å². The number of likely N-dealkylation sites (tertiary alicyclic amines) is 1. The van der Waals surface area contributed by atoms with E-state index < -0.39 is 12.7 Å². The van der Waals surface area contributed by atoms with Crippen molar-refractivity contribution in [2.24, 2.45) is 0 Å². The fourth-order valence-electron chi connectivity index (χ4n) is 2.00. The van der Waals surface area contributed by atoms with Gasteiger partial charge in [-0.15, -0.1) is 0 Å². The molecule has 0 bridgehead atoms. The highest BCUT2D eigenvalue weighted by Gasteiger charge is 2.30. The topological polar surface area (TPSA) is 35.6 Å². The zero-order valence-corrected chi connectivity index (χ0v) is 10.8. The van der Waals surface area contributed by atoms with Gasteiger partial charge in [-0.1, -0.05) is 0 Å². The summed E-state index contributed by atoms with van der Waals surface area (Å²) in [6, 6.07) is -0.258. The Morgan fingerprint density at radius 3 is 2.67 bits per heavy atom. The molecular formula is C11H20F3N3O. The van der Waals surface area contributed by atoms with E-state index in [4.69, 9.17) is 0 Å². The Morgan fingerprint density at radius 2 is 2.11 bits per heavy atom. The number of carbonyl (C=O) groups excluding carboxylic acids is 1. The van der Waals surface area contributed by atoms with Gasteiger partial charge in [0.15, 0.2) is 0 Å². The van der Waals surface area contributed by atoms with Gasteiger partial charge in [-0.25, -0.2) is 0 Å². The van der Waals surface area contributed by atoms with Crippen LogP contribution in [-0.2, 0) is 4.79 Å². The fourth-order valence-corrected chi connectivity index (χ4v) is 2.00. The van der Waals surface area contributed by atoms with Gasteiger partial charge in [0, 0.05) is 19.1 Å². The molecule has 1 N–H and O–H groups in total. The average molecular weight is 267 g/mol. The summed E-state index contributed by atoms with van der Waals surface area (Å²) < 4.78 is 36.3. The summed E-state index contributed by atoms with van der Waals surface area (Å²) in [6.07, 6.45) is -2.77. The second-order valence-corrected chi connectivity index (χ2v) is 4.91. The van der Waals surface area contributed by atoms with Crippen molar-refractivity contribution in [3.8, 4) is 0 Å². The third-order valence-electron chi connectivity index (χ3n) is 2.82. The molecule has 1 atom stereocenters. The van der Waals surface area contributed by atoms with Crippen molar-refractivity contribution in [2.75, 3.05) is 40.3 Å². The molecule has 1 aliphatic rings. The molecular weight excluding hydrogens is 247 g/mol. The molecule has 1 rings (SSSR count). The van der Waals surface area contributed by atoms with E-state index in [0.29, 0.717) is 26.1 Å². The van der Waals surface area contributed by atoms with Crippen molar-refractivity contribution < 1.29 is 18.0 Å². The van der Waals surface area contributed by atoms with Crippen LogP contribution < -0.4 is 5.32 Å². The molecule has 4 nitrogen and oxygen atoms in total. The van der Waals surface area contributed by atoms with Crippen LogP contribution >= 0.6 is 0 Å². The number of rotatable bonds is 4. The molecule has 1 heterocycles. The molecule has 1 aliphatic heterocycles. The number of halogens is 3. The Balaban J connectivity index is 2.38. The van der Waals surface area contributed by atoms with E-state index in [2.05, 4.69) is 5.32 Å². The molecule has 0 spiro atoms. The van der Waals surface area contributed by atoms with Crippen molar-refractivity contribution in [3.63, 3.8) is 0 Å². The number of likely N-dealkylation sites (N-methyl/N-ethyl adjacent to an activating group) is 1. The number of nitrogens with one attached hydrogen (secondary N) is 1. The summed E-state index contributed by atoms with van der Waals surface area (Å²) in [7, 11) is 3.59. The molecule has 0 aromatic rings. The number of hydrogen-bond donors (Lipinski definition) is 1. The summed E-state index contributed by atoms with van der Waals surface area (Å²) in [5.74, 6) is -0.0292. The minimum Gasteiger partial charge on any atom is -0.340 e. The lowest BCUT2D eigenvalue weighted by Crippen LogP contribution is -2.51. The van der Waals surface area contributed by atoms with Crippen LogP contribution in [0, 0.1) is 0 Å². The van der Waals surface area contributed by atoms with E-state index in [1.54, 1.807) is 23.9 Å². The van der Waals surface area contributed by atoms with E-state index in [9.17, 15) is 18.0 Å². The number of nitrogens with zero attached hydrogens (tertiary/aromatic N) is 2.